The Morgan fingerprint density at radius 1 is 1.08 bits per heavy atom. The van der Waals surface area contributed by atoms with Gasteiger partial charge in [0.05, 0.1) is 13.0 Å². The van der Waals surface area contributed by atoms with Crippen molar-refractivity contribution in [3.05, 3.63) is 51.7 Å². The first kappa shape index (κ1) is 18.7. The molecular formula is C18H20N2O4S. The lowest BCUT2D eigenvalue weighted by Crippen LogP contribution is -2.35. The number of carbonyl (C=O) groups excluding carboxylic acids is 3. The van der Waals surface area contributed by atoms with E-state index in [4.69, 9.17) is 4.74 Å². The van der Waals surface area contributed by atoms with Crippen molar-refractivity contribution < 1.29 is 19.1 Å². The van der Waals surface area contributed by atoms with Gasteiger partial charge >= 0.3 is 5.97 Å². The van der Waals surface area contributed by atoms with Gasteiger partial charge in [0.1, 0.15) is 0 Å². The van der Waals surface area contributed by atoms with Gasteiger partial charge in [0.25, 0.3) is 5.91 Å². The van der Waals surface area contributed by atoms with Crippen molar-refractivity contribution in [3.63, 3.8) is 0 Å². The molecule has 25 heavy (non-hydrogen) atoms. The molecule has 1 aromatic carbocycles. The second-order valence-corrected chi connectivity index (χ2v) is 6.52. The fraction of sp³-hybridized carbons (Fsp3) is 0.278. The van der Waals surface area contributed by atoms with Crippen LogP contribution in [0, 0.1) is 13.8 Å². The lowest BCUT2D eigenvalue weighted by molar-refractivity contribution is -0.147. The lowest BCUT2D eigenvalue weighted by atomic mass is 10.1. The topological polar surface area (TPSA) is 84.5 Å². The summed E-state index contributed by atoms with van der Waals surface area (Å²) in [4.78, 5) is 36.0. The van der Waals surface area contributed by atoms with Gasteiger partial charge in [-0.05, 0) is 42.5 Å². The smallest absolute Gasteiger partial charge is 0.311 e. The summed E-state index contributed by atoms with van der Waals surface area (Å²) >= 11 is 1.45. The van der Waals surface area contributed by atoms with Crippen LogP contribution in [0.15, 0.2) is 35.7 Å². The Bertz CT molecular complexity index is 756. The van der Waals surface area contributed by atoms with E-state index in [1.165, 1.54) is 11.3 Å². The largest absolute Gasteiger partial charge is 0.455 e. The number of thiophene rings is 1. The van der Waals surface area contributed by atoms with Gasteiger partial charge in [-0.2, -0.15) is 0 Å². The van der Waals surface area contributed by atoms with Crippen LogP contribution >= 0.6 is 11.3 Å². The van der Waals surface area contributed by atoms with Gasteiger partial charge in [-0.3, -0.25) is 14.4 Å². The standard InChI is InChI=1S/C18H20N2O4S/c1-12-5-3-7-15(13(12)2)20-16(21)10-19-17(22)11-24-18(23)9-14-6-4-8-25-14/h3-8H,9-11H2,1-2H3,(H,19,22)(H,20,21). The third-order valence-corrected chi connectivity index (χ3v) is 4.46. The van der Waals surface area contributed by atoms with E-state index in [9.17, 15) is 14.4 Å². The normalized spacial score (nSPS) is 10.2. The summed E-state index contributed by atoms with van der Waals surface area (Å²) in [5.74, 6) is -1.33. The predicted molar refractivity (Wildman–Crippen MR) is 96.5 cm³/mol. The quantitative estimate of drug-likeness (QED) is 0.742. The summed E-state index contributed by atoms with van der Waals surface area (Å²) in [5.41, 5.74) is 2.76. The fourth-order valence-corrected chi connectivity index (χ4v) is 2.75. The lowest BCUT2D eigenvalue weighted by Gasteiger charge is -2.11. The highest BCUT2D eigenvalue weighted by Gasteiger charge is 2.11. The van der Waals surface area contributed by atoms with Crippen LogP contribution in [-0.2, 0) is 25.5 Å². The number of nitrogens with one attached hydrogen (secondary N) is 2. The van der Waals surface area contributed by atoms with Crippen molar-refractivity contribution >= 4 is 34.8 Å². The number of benzene rings is 1. The Kier molecular flexibility index (Phi) is 6.71. The minimum atomic E-state index is -0.518. The van der Waals surface area contributed by atoms with E-state index in [0.717, 1.165) is 16.0 Å². The molecule has 0 atom stereocenters. The van der Waals surface area contributed by atoms with Crippen LogP contribution in [0.1, 0.15) is 16.0 Å². The molecule has 0 aliphatic heterocycles. The van der Waals surface area contributed by atoms with Gasteiger partial charge in [0.2, 0.25) is 5.91 Å². The molecule has 6 nitrogen and oxygen atoms in total. The van der Waals surface area contributed by atoms with Gasteiger partial charge in [-0.15, -0.1) is 11.3 Å². The van der Waals surface area contributed by atoms with Gasteiger partial charge < -0.3 is 15.4 Å². The van der Waals surface area contributed by atoms with Crippen molar-refractivity contribution in [2.24, 2.45) is 0 Å². The molecule has 1 heterocycles. The Morgan fingerprint density at radius 3 is 2.60 bits per heavy atom. The zero-order valence-electron chi connectivity index (χ0n) is 14.1. The molecule has 2 N–H and O–H groups in total. The van der Waals surface area contributed by atoms with Crippen LogP contribution in [0.4, 0.5) is 5.69 Å². The number of amides is 2. The fourth-order valence-electron chi connectivity index (χ4n) is 2.06. The second-order valence-electron chi connectivity index (χ2n) is 5.49. The molecule has 0 spiro atoms. The second kappa shape index (κ2) is 8.98. The van der Waals surface area contributed by atoms with Crippen molar-refractivity contribution in [2.75, 3.05) is 18.5 Å². The molecule has 1 aromatic heterocycles. The zero-order valence-corrected chi connectivity index (χ0v) is 14.9. The number of hydrogen-bond donors (Lipinski definition) is 2. The first-order valence-corrected chi connectivity index (χ1v) is 8.64. The van der Waals surface area contributed by atoms with Crippen LogP contribution in [0.25, 0.3) is 0 Å². The molecule has 0 aliphatic carbocycles. The van der Waals surface area contributed by atoms with E-state index in [-0.39, 0.29) is 18.9 Å². The number of esters is 1. The number of aryl methyl sites for hydroxylation is 1. The van der Waals surface area contributed by atoms with Gasteiger partial charge in [-0.25, -0.2) is 0 Å². The van der Waals surface area contributed by atoms with Gasteiger partial charge in [0, 0.05) is 10.6 Å². The maximum atomic E-state index is 11.9. The van der Waals surface area contributed by atoms with Crippen LogP contribution < -0.4 is 10.6 Å². The molecule has 2 amide bonds. The average molecular weight is 360 g/mol. The first-order valence-electron chi connectivity index (χ1n) is 7.76. The third kappa shape index (κ3) is 6.04. The van der Waals surface area contributed by atoms with E-state index < -0.39 is 18.5 Å². The van der Waals surface area contributed by atoms with Crippen molar-refractivity contribution in [2.45, 2.75) is 20.3 Å². The summed E-state index contributed by atoms with van der Waals surface area (Å²) in [7, 11) is 0. The SMILES string of the molecule is Cc1cccc(NC(=O)CNC(=O)COC(=O)Cc2cccs2)c1C. The van der Waals surface area contributed by atoms with Crippen LogP contribution in [0.5, 0.6) is 0 Å². The maximum absolute atomic E-state index is 11.9. The number of carbonyl (C=O) groups is 3. The van der Waals surface area contributed by atoms with Crippen molar-refractivity contribution in [1.82, 2.24) is 5.32 Å². The number of rotatable bonds is 7. The molecule has 2 rings (SSSR count). The molecule has 2 aromatic rings. The molecule has 0 saturated carbocycles. The van der Waals surface area contributed by atoms with E-state index in [2.05, 4.69) is 10.6 Å². The molecule has 0 fully saturated rings. The number of hydrogen-bond acceptors (Lipinski definition) is 5. The molecular weight excluding hydrogens is 340 g/mol. The Hall–Kier alpha value is -2.67. The third-order valence-electron chi connectivity index (χ3n) is 3.59. The summed E-state index contributed by atoms with van der Waals surface area (Å²) in [6, 6.07) is 9.27. The van der Waals surface area contributed by atoms with Crippen LogP contribution in [0.3, 0.4) is 0 Å². The van der Waals surface area contributed by atoms with E-state index >= 15 is 0 Å². The number of anilines is 1. The van der Waals surface area contributed by atoms with Gasteiger partial charge in [-0.1, -0.05) is 18.2 Å². The Balaban J connectivity index is 1.69. The summed E-state index contributed by atoms with van der Waals surface area (Å²) in [6.07, 6.45) is 0.137. The maximum Gasteiger partial charge on any atom is 0.311 e. The average Bonchev–Trinajstić information content (AvgIpc) is 3.08. The van der Waals surface area contributed by atoms with E-state index in [1.807, 2.05) is 43.5 Å². The van der Waals surface area contributed by atoms with Crippen LogP contribution in [0.2, 0.25) is 0 Å². The molecule has 0 bridgehead atoms. The first-order chi connectivity index (χ1) is 12.0. The zero-order chi connectivity index (χ0) is 18.2. The molecule has 0 radical (unpaired) electrons. The minimum absolute atomic E-state index is 0.137. The van der Waals surface area contributed by atoms with E-state index in [1.54, 1.807) is 6.07 Å². The summed E-state index contributed by atoms with van der Waals surface area (Å²) in [6.45, 7) is 3.28. The highest BCUT2D eigenvalue weighted by Crippen LogP contribution is 2.17. The molecule has 132 valence electrons. The Labute approximate surface area is 150 Å². The Morgan fingerprint density at radius 2 is 1.88 bits per heavy atom. The van der Waals surface area contributed by atoms with E-state index in [0.29, 0.717) is 5.69 Å². The molecule has 0 saturated heterocycles. The van der Waals surface area contributed by atoms with Crippen LogP contribution in [-0.4, -0.2) is 30.9 Å². The molecule has 0 unspecified atom stereocenters. The monoisotopic (exact) mass is 360 g/mol. The molecule has 7 heteroatoms. The molecule has 0 aliphatic rings. The summed E-state index contributed by atoms with van der Waals surface area (Å²) in [5, 5.41) is 7.03. The number of ether oxygens (including phenoxy) is 1. The van der Waals surface area contributed by atoms with Crippen molar-refractivity contribution in [3.8, 4) is 0 Å². The summed E-state index contributed by atoms with van der Waals surface area (Å²) < 4.78 is 4.89. The predicted octanol–water partition coefficient (Wildman–Crippen LogP) is 2.21. The highest BCUT2D eigenvalue weighted by molar-refractivity contribution is 7.10. The van der Waals surface area contributed by atoms with Crippen molar-refractivity contribution in [1.29, 1.82) is 0 Å². The van der Waals surface area contributed by atoms with Gasteiger partial charge in [0.15, 0.2) is 6.61 Å². The minimum Gasteiger partial charge on any atom is -0.455 e. The highest BCUT2D eigenvalue weighted by atomic mass is 32.1.